The van der Waals surface area contributed by atoms with Gasteiger partial charge in [0.1, 0.15) is 5.69 Å². The van der Waals surface area contributed by atoms with Crippen LogP contribution in [0.4, 0.5) is 18.9 Å². The van der Waals surface area contributed by atoms with Crippen LogP contribution in [-0.4, -0.2) is 15.1 Å². The van der Waals surface area contributed by atoms with Gasteiger partial charge in [-0.2, -0.15) is 0 Å². The van der Waals surface area contributed by atoms with Crippen LogP contribution >= 0.6 is 0 Å². The summed E-state index contributed by atoms with van der Waals surface area (Å²) in [5.41, 5.74) is 2.07. The van der Waals surface area contributed by atoms with Crippen molar-refractivity contribution in [2.45, 2.75) is 6.43 Å². The largest absolute Gasteiger partial charge is 0.302 e. The Morgan fingerprint density at radius 2 is 1.48 bits per heavy atom. The maximum Gasteiger partial charge on any atom is 0.281 e. The summed E-state index contributed by atoms with van der Waals surface area (Å²) in [6.07, 6.45) is -0.156. The van der Waals surface area contributed by atoms with Crippen LogP contribution < -0.4 is 0 Å². The summed E-state index contributed by atoms with van der Waals surface area (Å²) in [6, 6.07) is 20.2. The quantitative estimate of drug-likeness (QED) is 0.434. The molecule has 0 amide bonds. The number of imidazole rings is 1. The Balaban J connectivity index is 1.87. The molecule has 2 aromatic heterocycles. The first-order chi connectivity index (χ1) is 13.1. The molecule has 0 saturated heterocycles. The number of aromatic nitrogens is 2. The Labute approximate surface area is 153 Å². The molecule has 0 fully saturated rings. The highest BCUT2D eigenvalue weighted by molar-refractivity contribution is 6.13. The minimum absolute atomic E-state index is 0.148. The van der Waals surface area contributed by atoms with Gasteiger partial charge < -0.3 is 4.40 Å². The fraction of sp³-hybridized carbons (Fsp3) is 0.0476. The van der Waals surface area contributed by atoms with Gasteiger partial charge in [-0.15, -0.1) is 0 Å². The van der Waals surface area contributed by atoms with Crippen LogP contribution in [0, 0.1) is 5.82 Å². The molecule has 0 bridgehead atoms. The Bertz CT molecular complexity index is 1060. The van der Waals surface area contributed by atoms with Gasteiger partial charge in [-0.25, -0.2) is 23.1 Å². The van der Waals surface area contributed by atoms with Gasteiger partial charge in [0.15, 0.2) is 11.5 Å². The molecular formula is C21H14F3N3. The number of benzene rings is 2. The first kappa shape index (κ1) is 17.0. The predicted molar refractivity (Wildman–Crippen MR) is 98.3 cm³/mol. The summed E-state index contributed by atoms with van der Waals surface area (Å²) in [7, 11) is 0. The lowest BCUT2D eigenvalue weighted by Gasteiger charge is -2.08. The zero-order valence-electron chi connectivity index (χ0n) is 14.1. The number of nitrogens with zero attached hydrogens (tertiary/aromatic N) is 3. The van der Waals surface area contributed by atoms with Gasteiger partial charge in [-0.3, -0.25) is 0 Å². The van der Waals surface area contributed by atoms with Gasteiger partial charge in [0.05, 0.1) is 11.4 Å². The number of alkyl halides is 2. The Hall–Kier alpha value is -3.41. The van der Waals surface area contributed by atoms with Crippen molar-refractivity contribution in [1.82, 2.24) is 9.38 Å². The average molecular weight is 365 g/mol. The fourth-order valence-corrected chi connectivity index (χ4v) is 2.85. The highest BCUT2D eigenvalue weighted by Crippen LogP contribution is 2.24. The van der Waals surface area contributed by atoms with Gasteiger partial charge in [-0.05, 0) is 0 Å². The summed E-state index contributed by atoms with van der Waals surface area (Å²) in [6.45, 7) is 0. The third-order valence-electron chi connectivity index (χ3n) is 4.07. The first-order valence-electron chi connectivity index (χ1n) is 8.27. The second kappa shape index (κ2) is 7.07. The smallest absolute Gasteiger partial charge is 0.281 e. The van der Waals surface area contributed by atoms with E-state index in [9.17, 15) is 13.2 Å². The van der Waals surface area contributed by atoms with Crippen molar-refractivity contribution in [2.75, 3.05) is 0 Å². The molecule has 0 saturated carbocycles. The van der Waals surface area contributed by atoms with Crippen molar-refractivity contribution in [3.05, 3.63) is 102 Å². The number of halogens is 3. The Kier molecular flexibility index (Phi) is 4.46. The van der Waals surface area contributed by atoms with E-state index < -0.39 is 17.9 Å². The number of pyridine rings is 1. The zero-order chi connectivity index (χ0) is 18.8. The topological polar surface area (TPSA) is 29.7 Å². The molecular weight excluding hydrogens is 351 g/mol. The third-order valence-corrected chi connectivity index (χ3v) is 4.07. The molecule has 134 valence electrons. The van der Waals surface area contributed by atoms with E-state index in [1.807, 2.05) is 60.7 Å². The van der Waals surface area contributed by atoms with Gasteiger partial charge in [0, 0.05) is 29.6 Å². The number of rotatable bonds is 4. The van der Waals surface area contributed by atoms with Crippen LogP contribution in [0.15, 0.2) is 84.1 Å². The predicted octanol–water partition coefficient (Wildman–Crippen LogP) is 5.58. The highest BCUT2D eigenvalue weighted by atomic mass is 19.3. The molecule has 3 nitrogen and oxygen atoms in total. The summed E-state index contributed by atoms with van der Waals surface area (Å²) in [4.78, 5) is 8.24. The van der Waals surface area contributed by atoms with Crippen molar-refractivity contribution in [3.63, 3.8) is 0 Å². The minimum Gasteiger partial charge on any atom is -0.302 e. The monoisotopic (exact) mass is 365 g/mol. The van der Waals surface area contributed by atoms with Crippen LogP contribution in [0.3, 0.4) is 0 Å². The third kappa shape index (κ3) is 3.46. The fourth-order valence-electron chi connectivity index (χ4n) is 2.85. The van der Waals surface area contributed by atoms with Crippen LogP contribution in [0.5, 0.6) is 0 Å². The average Bonchev–Trinajstić information content (AvgIpc) is 3.13. The molecule has 2 heterocycles. The number of hydrogen-bond donors (Lipinski definition) is 0. The van der Waals surface area contributed by atoms with Crippen LogP contribution in [-0.2, 0) is 0 Å². The molecule has 6 heteroatoms. The van der Waals surface area contributed by atoms with E-state index in [1.165, 1.54) is 16.7 Å². The summed E-state index contributed by atoms with van der Waals surface area (Å²) in [5.74, 6) is -0.705. The lowest BCUT2D eigenvalue weighted by molar-refractivity contribution is 0.146. The Morgan fingerprint density at radius 3 is 2.04 bits per heavy atom. The van der Waals surface area contributed by atoms with E-state index in [0.29, 0.717) is 11.4 Å². The van der Waals surface area contributed by atoms with E-state index in [4.69, 9.17) is 0 Å². The van der Waals surface area contributed by atoms with Crippen molar-refractivity contribution in [1.29, 1.82) is 0 Å². The molecule has 0 spiro atoms. The SMILES string of the molecule is Fc1cc(N=C(c2ccccc2)c2ccccc2)cn2cc(C(F)F)nc12. The second-order valence-electron chi connectivity index (χ2n) is 5.94. The van der Waals surface area contributed by atoms with E-state index in [0.717, 1.165) is 17.3 Å². The molecule has 0 aliphatic heterocycles. The van der Waals surface area contributed by atoms with Crippen LogP contribution in [0.1, 0.15) is 23.2 Å². The van der Waals surface area contributed by atoms with E-state index in [2.05, 4.69) is 9.98 Å². The molecule has 4 aromatic rings. The molecule has 0 N–H and O–H groups in total. The van der Waals surface area contributed by atoms with E-state index in [1.54, 1.807) is 0 Å². The lowest BCUT2D eigenvalue weighted by atomic mass is 10.0. The molecule has 0 atom stereocenters. The lowest BCUT2D eigenvalue weighted by Crippen LogP contribution is -2.02. The van der Waals surface area contributed by atoms with Gasteiger partial charge in [-0.1, -0.05) is 60.7 Å². The van der Waals surface area contributed by atoms with Crippen molar-refractivity contribution >= 4 is 17.0 Å². The highest BCUT2D eigenvalue weighted by Gasteiger charge is 2.15. The number of fused-ring (bicyclic) bond motifs is 1. The number of aliphatic imine (C=N–C) groups is 1. The van der Waals surface area contributed by atoms with Crippen LogP contribution in [0.2, 0.25) is 0 Å². The molecule has 0 aliphatic rings. The summed E-state index contributed by atoms with van der Waals surface area (Å²) in [5, 5.41) is 0. The number of hydrogen-bond acceptors (Lipinski definition) is 2. The van der Waals surface area contributed by atoms with Gasteiger partial charge >= 0.3 is 0 Å². The maximum atomic E-state index is 14.4. The van der Waals surface area contributed by atoms with Crippen molar-refractivity contribution in [3.8, 4) is 0 Å². The van der Waals surface area contributed by atoms with Gasteiger partial charge in [0.25, 0.3) is 6.43 Å². The van der Waals surface area contributed by atoms with E-state index >= 15 is 0 Å². The standard InChI is InChI=1S/C21H14F3N3/c22-17-11-16(12-27-13-18(20(23)24)26-21(17)27)25-19(14-7-3-1-4-8-14)15-9-5-2-6-10-15/h1-13,20H. The van der Waals surface area contributed by atoms with Gasteiger partial charge in [0.2, 0.25) is 0 Å². The first-order valence-corrected chi connectivity index (χ1v) is 8.27. The van der Waals surface area contributed by atoms with E-state index in [-0.39, 0.29) is 5.65 Å². The molecule has 2 aromatic carbocycles. The molecule has 0 radical (unpaired) electrons. The second-order valence-corrected chi connectivity index (χ2v) is 5.94. The zero-order valence-corrected chi connectivity index (χ0v) is 14.1. The molecule has 4 rings (SSSR count). The van der Waals surface area contributed by atoms with Crippen molar-refractivity contribution < 1.29 is 13.2 Å². The van der Waals surface area contributed by atoms with Crippen LogP contribution in [0.25, 0.3) is 5.65 Å². The molecule has 27 heavy (non-hydrogen) atoms. The van der Waals surface area contributed by atoms with Crippen molar-refractivity contribution in [2.24, 2.45) is 4.99 Å². The maximum absolute atomic E-state index is 14.4. The minimum atomic E-state index is -2.76. The normalized spacial score (nSPS) is 11.1. The molecule has 0 aliphatic carbocycles. The Morgan fingerprint density at radius 1 is 0.889 bits per heavy atom. The summed E-state index contributed by atoms with van der Waals surface area (Å²) >= 11 is 0. The summed E-state index contributed by atoms with van der Waals surface area (Å²) < 4.78 is 41.3. The molecule has 0 unspecified atom stereocenters.